The smallest absolute Gasteiger partial charge is 0.336 e. The fourth-order valence-corrected chi connectivity index (χ4v) is 19.4. The van der Waals surface area contributed by atoms with Crippen LogP contribution in [0.4, 0.5) is 0 Å². The molecule has 0 spiro atoms. The third-order valence-corrected chi connectivity index (χ3v) is 28.2. The molecular weight excluding hydrogens is 1820 g/mol. The summed E-state index contributed by atoms with van der Waals surface area (Å²) in [6.45, 7) is 93.7. The summed E-state index contributed by atoms with van der Waals surface area (Å²) in [5.41, 5.74) is 13.4. The zero-order valence-corrected chi connectivity index (χ0v) is 100. The number of hydrogen-bond donors (Lipinski definition) is 7. The van der Waals surface area contributed by atoms with Gasteiger partial charge in [-0.25, -0.2) is 28.1 Å². The van der Waals surface area contributed by atoms with Crippen LogP contribution < -0.4 is 17.1 Å². The van der Waals surface area contributed by atoms with Gasteiger partial charge in [0.1, 0.15) is 40.2 Å². The van der Waals surface area contributed by atoms with E-state index in [2.05, 4.69) is 204 Å². The van der Waals surface area contributed by atoms with Gasteiger partial charge in [0, 0.05) is 12.8 Å². The number of ether oxygens (including phenoxy) is 2. The maximum Gasteiger partial charge on any atom is 0.336 e. The predicted octanol–water partition coefficient (Wildman–Crippen LogP) is 31.4. The Bertz CT molecular complexity index is 5410. The molecule has 146 heavy (non-hydrogen) atoms. The van der Waals surface area contributed by atoms with Crippen LogP contribution in [-0.2, 0) is 134 Å². The summed E-state index contributed by atoms with van der Waals surface area (Å²) >= 11 is 0. The summed E-state index contributed by atoms with van der Waals surface area (Å²) in [5, 5.41) is 77.3. The number of methoxy groups -OCH3 is 1. The molecule has 0 amide bonds. The van der Waals surface area contributed by atoms with Crippen molar-refractivity contribution in [1.29, 1.82) is 0 Å². The van der Waals surface area contributed by atoms with Gasteiger partial charge >= 0.3 is 29.0 Å². The van der Waals surface area contributed by atoms with Crippen LogP contribution in [0.15, 0.2) is 99.3 Å². The number of carbonyl (C=O) groups excluding carboxylic acids is 2. The highest BCUT2D eigenvalue weighted by molar-refractivity contribution is 5.70. The number of benzene rings is 7. The highest BCUT2D eigenvalue weighted by atomic mass is 16.5. The van der Waals surface area contributed by atoms with E-state index in [-0.39, 0.29) is 92.1 Å². The standard InChI is InChI=1S/C48H69N3O6.C23H38O.C21H36O.C19H30O3.C18H28O3/c1-43(2,3)31-19-28(20-32(37(31)52)44(4,5)6)25-49-40(55)50(26-29-21-33(45(7,8)9)38(53)34(22-29)46(10,11)12)42(57)51(41(49)56)27-30-23-35(47(13,14)15)39(54)36(24-30)48(16,17)18;1-8-9-16-10-12-17(13-11-16)18-14-19(22(2,3)4)21(24)20(15-18)23(5,6)7;1-8-9-10-11-12-13-16-14-17(20(2,3)4)19(22)18(15-16)21(5,6)7;1-8-22-16(20)10-9-13-11-14(18(2,3)4)17(21)15(12-13)19(5,6)7;1-17(2,3)13-10-12(8-9-15(19)21-7)11-14(16(13)20)18(4,5)6/h19-24,52-54H,25-27H2,1-18H3;14-17,24H,8-13H2,1-7H3;14-15,22H,8-13H2,1-7H3;11-12,21H,8-10H2,1-7H3;10-11,20H,8-9H2,1-7H3. The van der Waals surface area contributed by atoms with Crippen molar-refractivity contribution in [2.45, 2.75) is 516 Å². The Kier molecular flexibility index (Phi) is 42.3. The summed E-state index contributed by atoms with van der Waals surface area (Å²) in [7, 11) is 1.40. The molecule has 17 heteroatoms. The highest BCUT2D eigenvalue weighted by Gasteiger charge is 2.37. The molecule has 0 saturated heterocycles. The summed E-state index contributed by atoms with van der Waals surface area (Å²) in [4.78, 5) is 67.0. The Morgan fingerprint density at radius 1 is 0.267 bits per heavy atom. The molecule has 1 aliphatic carbocycles. The predicted molar refractivity (Wildman–Crippen MR) is 612 cm³/mol. The normalized spacial score (nSPS) is 14.5. The van der Waals surface area contributed by atoms with Crippen molar-refractivity contribution < 1.29 is 54.8 Å². The fraction of sp³-hybridized carbons (Fsp3) is 0.636. The van der Waals surface area contributed by atoms with Crippen molar-refractivity contribution in [2.75, 3.05) is 13.7 Å². The Hall–Kier alpha value is -9.51. The Balaban J connectivity index is 0.000000350. The molecule has 1 aromatic heterocycles. The number of hydrogen-bond acceptors (Lipinski definition) is 14. The minimum atomic E-state index is -0.761. The Morgan fingerprint density at radius 2 is 0.466 bits per heavy atom. The molecule has 0 aliphatic heterocycles. The van der Waals surface area contributed by atoms with Crippen molar-refractivity contribution >= 4 is 11.9 Å². The zero-order valence-electron chi connectivity index (χ0n) is 100. The van der Waals surface area contributed by atoms with E-state index < -0.39 is 49.6 Å². The molecule has 1 aliphatic rings. The monoisotopic (exact) mass is 2020 g/mol. The lowest BCUT2D eigenvalue weighted by molar-refractivity contribution is -0.143. The molecule has 7 aromatic carbocycles. The van der Waals surface area contributed by atoms with Crippen molar-refractivity contribution in [3.8, 4) is 40.2 Å². The molecule has 7 N–H and O–H groups in total. The number of carbonyl (C=O) groups is 2. The van der Waals surface area contributed by atoms with Gasteiger partial charge < -0.3 is 45.2 Å². The number of nitrogens with zero attached hydrogens (tertiary/aromatic N) is 3. The summed E-state index contributed by atoms with van der Waals surface area (Å²) in [5.74, 6) is 3.52. The molecule has 0 unspecified atom stereocenters. The second-order valence-corrected chi connectivity index (χ2v) is 56.4. The third-order valence-electron chi connectivity index (χ3n) is 28.2. The van der Waals surface area contributed by atoms with E-state index in [1.807, 2.05) is 192 Å². The molecule has 0 bridgehead atoms. The van der Waals surface area contributed by atoms with Crippen LogP contribution in [0.1, 0.15) is 518 Å². The number of phenols is 7. The quantitative estimate of drug-likeness (QED) is 0.0246. The molecule has 9 rings (SSSR count). The summed E-state index contributed by atoms with van der Waals surface area (Å²) in [6, 6.07) is 28.1. The lowest BCUT2D eigenvalue weighted by Gasteiger charge is -2.32. The first-order valence-corrected chi connectivity index (χ1v) is 54.3. The molecule has 0 atom stereocenters. The lowest BCUT2D eigenvalue weighted by Crippen LogP contribution is -2.55. The molecule has 8 aromatic rings. The van der Waals surface area contributed by atoms with E-state index in [4.69, 9.17) is 9.47 Å². The number of aromatic hydroxyl groups is 7. The fourth-order valence-electron chi connectivity index (χ4n) is 19.4. The minimum Gasteiger partial charge on any atom is -0.507 e. The first-order chi connectivity index (χ1) is 66.1. The van der Waals surface area contributed by atoms with Crippen LogP contribution >= 0.6 is 0 Å². The van der Waals surface area contributed by atoms with Crippen LogP contribution in [0, 0.1) is 5.92 Å². The molecule has 1 fully saturated rings. The average Bonchev–Trinajstić information content (AvgIpc) is 0.741. The minimum absolute atomic E-state index is 0.0255. The zero-order chi connectivity index (χ0) is 112. The van der Waals surface area contributed by atoms with E-state index in [9.17, 15) is 59.7 Å². The van der Waals surface area contributed by atoms with E-state index in [0.717, 1.165) is 81.7 Å². The number of rotatable bonds is 22. The van der Waals surface area contributed by atoms with E-state index in [0.29, 0.717) is 111 Å². The van der Waals surface area contributed by atoms with Crippen LogP contribution in [0.3, 0.4) is 0 Å². The second kappa shape index (κ2) is 48.6. The van der Waals surface area contributed by atoms with Crippen molar-refractivity contribution in [1.82, 2.24) is 13.7 Å². The number of esters is 2. The SMILES string of the molecule is CC(C)(C)c1cc(Cn2c(=O)n(Cc3cc(C(C)(C)C)c(O)c(C(C)(C)C)c3)c(=O)n(Cc3cc(C(C)(C)C)c(O)c(C(C)(C)C)c3)c2=O)cc(C(C)(C)C)c1O.CCCC1CCC(c2cc(C(C)(C)C)c(O)c(C(C)(C)C)c2)CC1.CCCCCCCc1cc(C(C)(C)C)c(O)c(C(C)(C)C)c1.CCOC(=O)CCc1cc(C(C)(C)C)c(O)c(C(C)(C)C)c1.COC(=O)CCc1cc(C(C)(C)C)c(O)c(C(C)(C)C)c1. The van der Waals surface area contributed by atoms with Crippen LogP contribution in [0.5, 0.6) is 40.2 Å². The molecule has 816 valence electrons. The Labute approximate surface area is 883 Å². The van der Waals surface area contributed by atoms with Gasteiger partial charge in [0.05, 0.1) is 33.4 Å². The summed E-state index contributed by atoms with van der Waals surface area (Å²) in [6.07, 6.45) is 17.7. The topological polar surface area (TPSA) is 260 Å². The molecule has 0 radical (unpaired) electrons. The average molecular weight is 2020 g/mol. The summed E-state index contributed by atoms with van der Waals surface area (Å²) < 4.78 is 13.0. The molecule has 17 nitrogen and oxygen atoms in total. The van der Waals surface area contributed by atoms with Gasteiger partial charge in [-0.2, -0.15) is 0 Å². The second-order valence-electron chi connectivity index (χ2n) is 56.4. The van der Waals surface area contributed by atoms with Gasteiger partial charge in [0.15, 0.2) is 0 Å². The van der Waals surface area contributed by atoms with E-state index in [1.165, 1.54) is 88.9 Å². The van der Waals surface area contributed by atoms with E-state index in [1.54, 1.807) is 0 Å². The number of aromatic nitrogens is 3. The largest absolute Gasteiger partial charge is 0.507 e. The highest BCUT2D eigenvalue weighted by Crippen LogP contribution is 2.50. The van der Waals surface area contributed by atoms with Crippen LogP contribution in [0.25, 0.3) is 0 Å². The number of aryl methyl sites for hydroxylation is 3. The Morgan fingerprint density at radius 3 is 0.664 bits per heavy atom. The van der Waals surface area contributed by atoms with Gasteiger partial charge in [-0.1, -0.05) is 392 Å². The van der Waals surface area contributed by atoms with E-state index >= 15 is 0 Å². The van der Waals surface area contributed by atoms with Crippen LogP contribution in [0.2, 0.25) is 0 Å². The number of unbranched alkanes of at least 4 members (excludes halogenated alkanes) is 4. The molecule has 1 saturated carbocycles. The van der Waals surface area contributed by atoms with Gasteiger partial charge in [0.2, 0.25) is 0 Å². The van der Waals surface area contributed by atoms with Gasteiger partial charge in [-0.15, -0.1) is 0 Å². The van der Waals surface area contributed by atoms with Gasteiger partial charge in [-0.3, -0.25) is 9.59 Å². The van der Waals surface area contributed by atoms with Crippen molar-refractivity contribution in [3.05, 3.63) is 233 Å². The first kappa shape index (κ1) is 127. The number of phenolic OH excluding ortho intramolecular Hbond substituents is 7. The van der Waals surface area contributed by atoms with Crippen molar-refractivity contribution in [2.24, 2.45) is 5.92 Å². The van der Waals surface area contributed by atoms with Gasteiger partial charge in [-0.05, 0) is 299 Å². The first-order valence-electron chi connectivity index (χ1n) is 54.3. The maximum absolute atomic E-state index is 14.7. The van der Waals surface area contributed by atoms with Gasteiger partial charge in [0.25, 0.3) is 0 Å². The molecule has 1 heterocycles. The third kappa shape index (κ3) is 35.0. The lowest BCUT2D eigenvalue weighted by atomic mass is 9.73. The van der Waals surface area contributed by atoms with Crippen molar-refractivity contribution in [3.63, 3.8) is 0 Å². The molecular formula is C129H201N3O14. The van der Waals surface area contributed by atoms with Crippen LogP contribution in [-0.4, -0.2) is 75.1 Å². The maximum atomic E-state index is 14.7.